The van der Waals surface area contributed by atoms with Gasteiger partial charge in [0, 0.05) is 36.1 Å². The van der Waals surface area contributed by atoms with Crippen molar-refractivity contribution < 1.29 is 9.32 Å². The highest BCUT2D eigenvalue weighted by Gasteiger charge is 2.29. The molecule has 0 radical (unpaired) electrons. The third-order valence-corrected chi connectivity index (χ3v) is 6.82. The van der Waals surface area contributed by atoms with Crippen LogP contribution in [-0.4, -0.2) is 27.6 Å². The molecule has 2 aromatic rings. The molecule has 172 valence electrons. The van der Waals surface area contributed by atoms with E-state index in [2.05, 4.69) is 48.4 Å². The largest absolute Gasteiger partial charge is 0.356 e. The van der Waals surface area contributed by atoms with Gasteiger partial charge in [-0.3, -0.25) is 4.79 Å². The van der Waals surface area contributed by atoms with E-state index in [1.807, 2.05) is 19.2 Å². The molecule has 32 heavy (non-hydrogen) atoms. The number of nitrogens with one attached hydrogen (secondary N) is 1. The SMILES string of the molecule is Cc1cc(-c2cnc(C(C)(C)C)nc2C2CCC(CNC(=O)[C@H]3CC=CCC3)CC2)on1. The molecule has 2 aliphatic carbocycles. The summed E-state index contributed by atoms with van der Waals surface area (Å²) in [5, 5.41) is 7.29. The maximum atomic E-state index is 12.5. The van der Waals surface area contributed by atoms with Crippen molar-refractivity contribution in [3.63, 3.8) is 0 Å². The number of hydrogen-bond donors (Lipinski definition) is 1. The minimum atomic E-state index is -0.111. The fraction of sp³-hybridized carbons (Fsp3) is 0.615. The summed E-state index contributed by atoms with van der Waals surface area (Å²) in [6.45, 7) is 9.15. The van der Waals surface area contributed by atoms with Crippen LogP contribution in [0.5, 0.6) is 0 Å². The van der Waals surface area contributed by atoms with Crippen molar-refractivity contribution in [3.8, 4) is 11.3 Å². The molecule has 0 unspecified atom stereocenters. The van der Waals surface area contributed by atoms with Crippen LogP contribution >= 0.6 is 0 Å². The predicted molar refractivity (Wildman–Crippen MR) is 125 cm³/mol. The number of hydrogen-bond acceptors (Lipinski definition) is 5. The number of aromatic nitrogens is 3. The number of carbonyl (C=O) groups excluding carboxylic acids is 1. The quantitative estimate of drug-likeness (QED) is 0.627. The third kappa shape index (κ3) is 5.28. The van der Waals surface area contributed by atoms with E-state index >= 15 is 0 Å². The maximum Gasteiger partial charge on any atom is 0.223 e. The Balaban J connectivity index is 1.43. The Morgan fingerprint density at radius 3 is 2.56 bits per heavy atom. The molecule has 0 aliphatic heterocycles. The Morgan fingerprint density at radius 1 is 1.16 bits per heavy atom. The number of allylic oxidation sites excluding steroid dienone is 2. The molecule has 2 aliphatic rings. The van der Waals surface area contributed by atoms with Gasteiger partial charge in [-0.2, -0.15) is 0 Å². The maximum absolute atomic E-state index is 12.5. The number of aryl methyl sites for hydroxylation is 1. The van der Waals surface area contributed by atoms with Gasteiger partial charge >= 0.3 is 0 Å². The van der Waals surface area contributed by atoms with Crippen LogP contribution in [0.4, 0.5) is 0 Å². The first-order chi connectivity index (χ1) is 15.3. The zero-order valence-corrected chi connectivity index (χ0v) is 19.9. The first-order valence-electron chi connectivity index (χ1n) is 12.0. The molecule has 2 heterocycles. The average molecular weight is 437 g/mol. The second kappa shape index (κ2) is 9.55. The molecule has 6 heteroatoms. The Kier molecular flexibility index (Phi) is 6.77. The summed E-state index contributed by atoms with van der Waals surface area (Å²) in [4.78, 5) is 22.2. The molecule has 1 N–H and O–H groups in total. The zero-order valence-electron chi connectivity index (χ0n) is 19.9. The predicted octanol–water partition coefficient (Wildman–Crippen LogP) is 5.48. The van der Waals surface area contributed by atoms with E-state index in [0.717, 1.165) is 80.0 Å². The second-order valence-electron chi connectivity index (χ2n) is 10.5. The molecule has 1 amide bonds. The lowest BCUT2D eigenvalue weighted by atomic mass is 9.79. The van der Waals surface area contributed by atoms with Crippen LogP contribution in [0.1, 0.15) is 88.8 Å². The fourth-order valence-electron chi connectivity index (χ4n) is 4.81. The van der Waals surface area contributed by atoms with E-state index in [-0.39, 0.29) is 17.2 Å². The van der Waals surface area contributed by atoms with Gasteiger partial charge in [-0.1, -0.05) is 38.1 Å². The molecule has 0 saturated heterocycles. The zero-order chi connectivity index (χ0) is 22.7. The number of rotatable bonds is 5. The summed E-state index contributed by atoms with van der Waals surface area (Å²) in [5.74, 6) is 2.90. The molecule has 1 fully saturated rings. The van der Waals surface area contributed by atoms with Crippen LogP contribution in [0.3, 0.4) is 0 Å². The molecule has 1 atom stereocenters. The van der Waals surface area contributed by atoms with Crippen LogP contribution < -0.4 is 5.32 Å². The molecule has 0 aromatic carbocycles. The topological polar surface area (TPSA) is 80.9 Å². The summed E-state index contributed by atoms with van der Waals surface area (Å²) < 4.78 is 5.57. The Bertz CT molecular complexity index is 964. The van der Waals surface area contributed by atoms with Crippen molar-refractivity contribution in [2.45, 2.75) is 84.0 Å². The number of carbonyl (C=O) groups is 1. The van der Waals surface area contributed by atoms with Gasteiger partial charge in [0.05, 0.1) is 17.0 Å². The summed E-state index contributed by atoms with van der Waals surface area (Å²) in [6.07, 6.45) is 13.4. The van der Waals surface area contributed by atoms with Gasteiger partial charge in [0.2, 0.25) is 5.91 Å². The summed E-state index contributed by atoms with van der Waals surface area (Å²) in [6, 6.07) is 1.96. The summed E-state index contributed by atoms with van der Waals surface area (Å²) >= 11 is 0. The highest BCUT2D eigenvalue weighted by molar-refractivity contribution is 5.78. The standard InChI is InChI=1S/C26H36N4O2/c1-17-14-22(32-30-17)21-16-28-25(26(2,3)4)29-23(21)19-12-10-18(11-13-19)15-27-24(31)20-8-6-5-7-9-20/h5-6,14,16,18-20H,7-13,15H2,1-4H3,(H,27,31)/t18?,19?,20-/m0/s1. The van der Waals surface area contributed by atoms with Gasteiger partial charge in [-0.15, -0.1) is 0 Å². The monoisotopic (exact) mass is 436 g/mol. The normalized spacial score (nSPS) is 23.8. The van der Waals surface area contributed by atoms with Gasteiger partial charge in [-0.05, 0) is 57.8 Å². The fourth-order valence-corrected chi connectivity index (χ4v) is 4.81. The van der Waals surface area contributed by atoms with E-state index in [4.69, 9.17) is 9.51 Å². The number of amides is 1. The Hall–Kier alpha value is -2.50. The van der Waals surface area contributed by atoms with Crippen LogP contribution in [-0.2, 0) is 10.2 Å². The molecular formula is C26H36N4O2. The molecule has 2 aromatic heterocycles. The molecule has 0 bridgehead atoms. The minimum absolute atomic E-state index is 0.111. The van der Waals surface area contributed by atoms with E-state index in [1.165, 1.54) is 0 Å². The van der Waals surface area contributed by atoms with E-state index in [1.54, 1.807) is 0 Å². The molecule has 1 saturated carbocycles. The van der Waals surface area contributed by atoms with Crippen molar-refractivity contribution in [1.82, 2.24) is 20.4 Å². The summed E-state index contributed by atoms with van der Waals surface area (Å²) in [5.41, 5.74) is 2.79. The molecule has 0 spiro atoms. The molecule has 4 rings (SSSR count). The van der Waals surface area contributed by atoms with Gasteiger partial charge in [0.25, 0.3) is 0 Å². The first-order valence-corrected chi connectivity index (χ1v) is 12.0. The van der Waals surface area contributed by atoms with Gasteiger partial charge < -0.3 is 9.84 Å². The van der Waals surface area contributed by atoms with Gasteiger partial charge in [0.15, 0.2) is 5.76 Å². The lowest BCUT2D eigenvalue weighted by Gasteiger charge is -2.30. The van der Waals surface area contributed by atoms with Gasteiger partial charge in [-0.25, -0.2) is 9.97 Å². The Labute approximate surface area is 191 Å². The van der Waals surface area contributed by atoms with E-state index < -0.39 is 0 Å². The highest BCUT2D eigenvalue weighted by Crippen LogP contribution is 2.39. The average Bonchev–Trinajstić information content (AvgIpc) is 3.23. The Morgan fingerprint density at radius 2 is 1.94 bits per heavy atom. The lowest BCUT2D eigenvalue weighted by Crippen LogP contribution is -2.35. The van der Waals surface area contributed by atoms with E-state index in [9.17, 15) is 4.79 Å². The number of nitrogens with zero attached hydrogens (tertiary/aromatic N) is 3. The van der Waals surface area contributed by atoms with Crippen molar-refractivity contribution in [2.75, 3.05) is 6.54 Å². The van der Waals surface area contributed by atoms with Crippen molar-refractivity contribution >= 4 is 5.91 Å². The van der Waals surface area contributed by atoms with Crippen LogP contribution in [0, 0.1) is 18.8 Å². The van der Waals surface area contributed by atoms with Crippen LogP contribution in [0.15, 0.2) is 28.9 Å². The third-order valence-electron chi connectivity index (χ3n) is 6.82. The molecular weight excluding hydrogens is 400 g/mol. The lowest BCUT2D eigenvalue weighted by molar-refractivity contribution is -0.125. The van der Waals surface area contributed by atoms with Crippen LogP contribution in [0.25, 0.3) is 11.3 Å². The van der Waals surface area contributed by atoms with Crippen LogP contribution in [0.2, 0.25) is 0 Å². The minimum Gasteiger partial charge on any atom is -0.356 e. The van der Waals surface area contributed by atoms with E-state index in [0.29, 0.717) is 11.8 Å². The van der Waals surface area contributed by atoms with Crippen molar-refractivity contribution in [3.05, 3.63) is 41.6 Å². The first kappa shape index (κ1) is 22.7. The van der Waals surface area contributed by atoms with Crippen molar-refractivity contribution in [1.29, 1.82) is 0 Å². The van der Waals surface area contributed by atoms with Crippen molar-refractivity contribution in [2.24, 2.45) is 11.8 Å². The molecule has 6 nitrogen and oxygen atoms in total. The highest BCUT2D eigenvalue weighted by atomic mass is 16.5. The smallest absolute Gasteiger partial charge is 0.223 e. The summed E-state index contributed by atoms with van der Waals surface area (Å²) in [7, 11) is 0. The van der Waals surface area contributed by atoms with Gasteiger partial charge in [0.1, 0.15) is 5.82 Å². The second-order valence-corrected chi connectivity index (χ2v) is 10.5.